The van der Waals surface area contributed by atoms with Gasteiger partial charge in [-0.05, 0) is 138 Å². The summed E-state index contributed by atoms with van der Waals surface area (Å²) in [5.74, 6) is 0. The first-order valence-electron chi connectivity index (χ1n) is 23.5. The second-order valence-electron chi connectivity index (χ2n) is 21.9. The molecule has 65 heavy (non-hydrogen) atoms. The molecule has 0 bridgehead atoms. The van der Waals surface area contributed by atoms with Gasteiger partial charge in [0.05, 0.1) is 28.2 Å². The summed E-state index contributed by atoms with van der Waals surface area (Å²) in [4.78, 5) is 5.09. The highest BCUT2D eigenvalue weighted by molar-refractivity contribution is 5.97. The Balaban J connectivity index is 1.28. The molecule has 2 heteroatoms. The van der Waals surface area contributed by atoms with Gasteiger partial charge in [-0.15, -0.1) is 0 Å². The molecule has 0 saturated heterocycles. The highest BCUT2D eigenvalue weighted by atomic mass is 15.2. The van der Waals surface area contributed by atoms with Crippen LogP contribution in [0.4, 0.5) is 34.1 Å². The van der Waals surface area contributed by atoms with E-state index >= 15 is 0 Å². The first-order valence-corrected chi connectivity index (χ1v) is 23.5. The number of rotatable bonds is 4. The Morgan fingerprint density at radius 3 is 0.985 bits per heavy atom. The molecule has 0 aromatic heterocycles. The summed E-state index contributed by atoms with van der Waals surface area (Å²) in [7, 11) is 0. The third-order valence-corrected chi connectivity index (χ3v) is 15.2. The number of para-hydroxylation sites is 2. The van der Waals surface area contributed by atoms with E-state index in [2.05, 4.69) is 261 Å². The molecule has 0 saturated carbocycles. The number of nitrogens with zero attached hydrogens (tertiary/aromatic N) is 2. The molecule has 0 spiro atoms. The van der Waals surface area contributed by atoms with E-state index in [4.69, 9.17) is 0 Å². The van der Waals surface area contributed by atoms with Gasteiger partial charge in [-0.3, -0.25) is 0 Å². The largest absolute Gasteiger partial charge is 0.310 e. The molecule has 322 valence electrons. The van der Waals surface area contributed by atoms with Crippen LogP contribution in [0.15, 0.2) is 182 Å². The molecule has 2 nitrogen and oxygen atoms in total. The fourth-order valence-electron chi connectivity index (χ4n) is 11.6. The van der Waals surface area contributed by atoms with Gasteiger partial charge >= 0.3 is 0 Å². The Morgan fingerprint density at radius 1 is 0.323 bits per heavy atom. The summed E-state index contributed by atoms with van der Waals surface area (Å²) in [5.41, 5.74) is 21.9. The third kappa shape index (κ3) is 5.99. The molecule has 2 heterocycles. The van der Waals surface area contributed by atoms with Crippen molar-refractivity contribution in [3.05, 3.63) is 238 Å². The minimum Gasteiger partial charge on any atom is -0.310 e. The summed E-state index contributed by atoms with van der Waals surface area (Å²) in [6, 6.07) is 69.5. The number of hydrogen-bond donors (Lipinski definition) is 0. The van der Waals surface area contributed by atoms with Gasteiger partial charge in [0.25, 0.3) is 0 Å². The second-order valence-corrected chi connectivity index (χ2v) is 21.9. The van der Waals surface area contributed by atoms with Crippen LogP contribution in [0.2, 0.25) is 0 Å². The van der Waals surface area contributed by atoms with E-state index in [1.807, 2.05) is 0 Å². The van der Waals surface area contributed by atoms with E-state index in [1.165, 1.54) is 89.5 Å². The predicted octanol–water partition coefficient (Wildman–Crippen LogP) is 16.9. The van der Waals surface area contributed by atoms with Crippen molar-refractivity contribution in [2.24, 2.45) is 0 Å². The molecule has 0 amide bonds. The molecule has 8 aromatic carbocycles. The lowest BCUT2D eigenvalue weighted by Gasteiger charge is -2.44. The second kappa shape index (κ2) is 14.2. The topological polar surface area (TPSA) is 6.48 Å². The Kier molecular flexibility index (Phi) is 8.96. The molecular formula is C63H60N2. The molecular weight excluding hydrogens is 785 g/mol. The fourth-order valence-corrected chi connectivity index (χ4v) is 11.6. The van der Waals surface area contributed by atoms with Crippen molar-refractivity contribution in [2.45, 2.75) is 96.3 Å². The normalized spacial score (nSPS) is 16.2. The molecule has 3 aliphatic rings. The van der Waals surface area contributed by atoms with Crippen LogP contribution in [0.1, 0.15) is 125 Å². The van der Waals surface area contributed by atoms with Gasteiger partial charge in [-0.2, -0.15) is 0 Å². The zero-order chi connectivity index (χ0) is 45.3. The van der Waals surface area contributed by atoms with Crippen LogP contribution in [0.25, 0.3) is 11.1 Å². The highest BCUT2D eigenvalue weighted by Crippen LogP contribution is 2.64. The monoisotopic (exact) mass is 844 g/mol. The Bertz CT molecular complexity index is 2930. The molecule has 0 unspecified atom stereocenters. The van der Waals surface area contributed by atoms with Crippen LogP contribution in [-0.2, 0) is 27.1 Å². The minimum absolute atomic E-state index is 0.0105. The smallest absolute Gasteiger partial charge is 0.0715 e. The van der Waals surface area contributed by atoms with Crippen LogP contribution >= 0.6 is 0 Å². The van der Waals surface area contributed by atoms with Crippen LogP contribution in [0, 0.1) is 0 Å². The van der Waals surface area contributed by atoms with E-state index < -0.39 is 5.41 Å². The van der Waals surface area contributed by atoms with E-state index in [0.717, 1.165) is 11.4 Å². The molecule has 1 aliphatic carbocycles. The Morgan fingerprint density at radius 2 is 0.646 bits per heavy atom. The number of hydrogen-bond acceptors (Lipinski definition) is 2. The van der Waals surface area contributed by atoms with Crippen molar-refractivity contribution < 1.29 is 0 Å². The number of benzene rings is 8. The maximum atomic E-state index is 2.60. The Hall–Kier alpha value is -6.64. The maximum Gasteiger partial charge on any atom is 0.0715 e. The summed E-state index contributed by atoms with van der Waals surface area (Å²) >= 11 is 0. The highest BCUT2D eigenvalue weighted by Gasteiger charge is 2.51. The van der Waals surface area contributed by atoms with Crippen LogP contribution in [0.5, 0.6) is 0 Å². The molecule has 8 aromatic rings. The minimum atomic E-state index is -0.622. The average molecular weight is 845 g/mol. The van der Waals surface area contributed by atoms with Crippen molar-refractivity contribution in [1.82, 2.24) is 0 Å². The lowest BCUT2D eigenvalue weighted by Crippen LogP contribution is -2.34. The van der Waals surface area contributed by atoms with Crippen molar-refractivity contribution in [3.63, 3.8) is 0 Å². The van der Waals surface area contributed by atoms with Gasteiger partial charge in [-0.25, -0.2) is 0 Å². The van der Waals surface area contributed by atoms with E-state index in [-0.39, 0.29) is 21.7 Å². The average Bonchev–Trinajstić information content (AvgIpc) is 3.58. The van der Waals surface area contributed by atoms with E-state index in [0.29, 0.717) is 0 Å². The Labute approximate surface area is 387 Å². The van der Waals surface area contributed by atoms with Crippen LogP contribution in [-0.4, -0.2) is 0 Å². The van der Waals surface area contributed by atoms with Gasteiger partial charge in [0, 0.05) is 22.2 Å². The van der Waals surface area contributed by atoms with Gasteiger partial charge in [-0.1, -0.05) is 191 Å². The zero-order valence-corrected chi connectivity index (χ0v) is 39.7. The first-order chi connectivity index (χ1) is 31.0. The summed E-state index contributed by atoms with van der Waals surface area (Å²) < 4.78 is 0. The third-order valence-electron chi connectivity index (χ3n) is 15.2. The lowest BCUT2D eigenvalue weighted by molar-refractivity contribution is 0.580. The maximum absolute atomic E-state index is 2.60. The molecule has 11 rings (SSSR count). The quantitative estimate of drug-likeness (QED) is 0.174. The first kappa shape index (κ1) is 41.1. The summed E-state index contributed by atoms with van der Waals surface area (Å²) in [5, 5.41) is 0. The van der Waals surface area contributed by atoms with Crippen molar-refractivity contribution in [2.75, 3.05) is 9.80 Å². The number of anilines is 6. The molecule has 2 aliphatic heterocycles. The van der Waals surface area contributed by atoms with Crippen molar-refractivity contribution >= 4 is 34.1 Å². The van der Waals surface area contributed by atoms with Gasteiger partial charge in [0.15, 0.2) is 0 Å². The van der Waals surface area contributed by atoms with E-state index in [9.17, 15) is 0 Å². The standard InChI is InChI=1S/C63H60N2/c1-59(2,3)43-31-33-55-51(35-43)61(7,8)53-37-47-48-38-54-58(65(46-29-21-14-22-30-46)56-34-32-44(60(4,5)6)36-52(56)62(54,9)10)40-50(48)63(41-23-15-11-16-24-41,42-25-17-12-18-26-42)49(47)39-57(53)64(55)45-27-19-13-20-28-45/h11-40H,1-10H3. The van der Waals surface area contributed by atoms with Crippen LogP contribution in [0.3, 0.4) is 0 Å². The predicted molar refractivity (Wildman–Crippen MR) is 275 cm³/mol. The van der Waals surface area contributed by atoms with Gasteiger partial charge < -0.3 is 9.80 Å². The van der Waals surface area contributed by atoms with E-state index in [1.54, 1.807) is 0 Å². The van der Waals surface area contributed by atoms with Gasteiger partial charge in [0.2, 0.25) is 0 Å². The van der Waals surface area contributed by atoms with Gasteiger partial charge in [0.1, 0.15) is 0 Å². The molecule has 0 fully saturated rings. The summed E-state index contributed by atoms with van der Waals surface area (Å²) in [6.45, 7) is 23.7. The lowest BCUT2D eigenvalue weighted by atomic mass is 9.65. The molecule has 0 N–H and O–H groups in total. The summed E-state index contributed by atoms with van der Waals surface area (Å²) in [6.07, 6.45) is 0. The van der Waals surface area contributed by atoms with Crippen molar-refractivity contribution in [3.8, 4) is 11.1 Å². The van der Waals surface area contributed by atoms with Crippen LogP contribution < -0.4 is 9.80 Å². The zero-order valence-electron chi connectivity index (χ0n) is 39.7. The fraction of sp³-hybridized carbons (Fsp3) is 0.238. The molecule has 0 atom stereocenters. The molecule has 0 radical (unpaired) electrons. The SMILES string of the molecule is CC(C)(C)c1ccc2c(c1)C(C)(C)c1cc3c(cc1N2c1ccccc1)C(c1ccccc1)(c1ccccc1)c1cc2c(cc1-3)C(C)(C)c1cc(C(C)(C)C)ccc1N2c1ccccc1. The van der Waals surface area contributed by atoms with Crippen molar-refractivity contribution in [1.29, 1.82) is 0 Å². The number of fused-ring (bicyclic) bond motifs is 7.